The van der Waals surface area contributed by atoms with Crippen LogP contribution >= 0.6 is 0 Å². The topological polar surface area (TPSA) is 92.5 Å². The molecule has 2 rings (SSSR count). The smallest absolute Gasteiger partial charge is 0.282 e. The summed E-state index contributed by atoms with van der Waals surface area (Å²) in [6.45, 7) is 1.70. The van der Waals surface area contributed by atoms with Crippen molar-refractivity contribution in [2.75, 3.05) is 5.32 Å². The van der Waals surface area contributed by atoms with E-state index in [9.17, 15) is 19.3 Å². The number of carbonyl (C=O) groups is 1. The fourth-order valence-corrected chi connectivity index (χ4v) is 1.77. The van der Waals surface area contributed by atoms with Crippen molar-refractivity contribution >= 4 is 17.3 Å². The maximum absolute atomic E-state index is 13.2. The number of benzene rings is 2. The number of aromatic hydroxyl groups is 1. The normalized spacial score (nSPS) is 10.2. The predicted molar refractivity (Wildman–Crippen MR) is 73.9 cm³/mol. The van der Waals surface area contributed by atoms with E-state index in [1.807, 2.05) is 0 Å². The molecule has 2 N–H and O–H groups in total. The monoisotopic (exact) mass is 290 g/mol. The molecule has 6 nitrogen and oxygen atoms in total. The molecule has 0 atom stereocenters. The summed E-state index contributed by atoms with van der Waals surface area (Å²) in [7, 11) is 0. The minimum atomic E-state index is -0.897. The first-order valence-electron chi connectivity index (χ1n) is 5.93. The summed E-state index contributed by atoms with van der Waals surface area (Å²) in [6, 6.07) is 7.43. The second-order valence-electron chi connectivity index (χ2n) is 4.40. The van der Waals surface area contributed by atoms with Crippen molar-refractivity contribution in [2.45, 2.75) is 6.92 Å². The Morgan fingerprint density at radius 3 is 2.62 bits per heavy atom. The molecule has 108 valence electrons. The number of anilines is 1. The highest BCUT2D eigenvalue weighted by Crippen LogP contribution is 2.23. The average molecular weight is 290 g/mol. The first kappa shape index (κ1) is 14.4. The molecule has 0 bridgehead atoms. The van der Waals surface area contributed by atoms with E-state index < -0.39 is 22.4 Å². The molecule has 0 saturated heterocycles. The van der Waals surface area contributed by atoms with Gasteiger partial charge in [-0.15, -0.1) is 0 Å². The lowest BCUT2D eigenvalue weighted by molar-refractivity contribution is -0.385. The van der Waals surface area contributed by atoms with Gasteiger partial charge in [-0.1, -0.05) is 6.07 Å². The van der Waals surface area contributed by atoms with E-state index >= 15 is 0 Å². The van der Waals surface area contributed by atoms with Gasteiger partial charge in [-0.2, -0.15) is 0 Å². The number of nitro groups is 1. The van der Waals surface area contributed by atoms with Crippen LogP contribution in [0.15, 0.2) is 36.4 Å². The van der Waals surface area contributed by atoms with Crippen LogP contribution in [0.25, 0.3) is 0 Å². The van der Waals surface area contributed by atoms with Gasteiger partial charge in [-0.3, -0.25) is 14.9 Å². The minimum absolute atomic E-state index is 0.0890. The van der Waals surface area contributed by atoms with E-state index in [-0.39, 0.29) is 16.9 Å². The summed E-state index contributed by atoms with van der Waals surface area (Å²) in [6.07, 6.45) is 0. The van der Waals surface area contributed by atoms with Gasteiger partial charge in [0.15, 0.2) is 11.6 Å². The Bertz CT molecular complexity index is 731. The van der Waals surface area contributed by atoms with Crippen LogP contribution in [0, 0.1) is 22.9 Å². The lowest BCUT2D eigenvalue weighted by Gasteiger charge is -2.07. The van der Waals surface area contributed by atoms with Crippen molar-refractivity contribution in [2.24, 2.45) is 0 Å². The Morgan fingerprint density at radius 1 is 1.29 bits per heavy atom. The molecule has 1 amide bonds. The average Bonchev–Trinajstić information content (AvgIpc) is 2.42. The van der Waals surface area contributed by atoms with E-state index in [1.54, 1.807) is 6.92 Å². The van der Waals surface area contributed by atoms with Crippen molar-refractivity contribution in [1.82, 2.24) is 0 Å². The van der Waals surface area contributed by atoms with Gasteiger partial charge in [0.1, 0.15) is 5.56 Å². The number of carbonyl (C=O) groups excluding carboxylic acids is 1. The van der Waals surface area contributed by atoms with Crippen LogP contribution in [-0.4, -0.2) is 15.9 Å². The third-order valence-corrected chi connectivity index (χ3v) is 2.80. The second-order valence-corrected chi connectivity index (χ2v) is 4.40. The Kier molecular flexibility index (Phi) is 3.84. The first-order chi connectivity index (χ1) is 9.88. The zero-order valence-electron chi connectivity index (χ0n) is 11.0. The highest BCUT2D eigenvalue weighted by atomic mass is 19.1. The van der Waals surface area contributed by atoms with Crippen molar-refractivity contribution in [3.63, 3.8) is 0 Å². The SMILES string of the molecule is Cc1ccc([N+](=O)[O-])c(C(=O)Nc2ccc(O)c(F)c2)c1. The fourth-order valence-electron chi connectivity index (χ4n) is 1.77. The highest BCUT2D eigenvalue weighted by molar-refractivity contribution is 6.07. The van der Waals surface area contributed by atoms with Crippen LogP contribution in [0.4, 0.5) is 15.8 Å². The molecule has 0 unspecified atom stereocenters. The van der Waals surface area contributed by atoms with Crippen LogP contribution in [0.1, 0.15) is 15.9 Å². The largest absolute Gasteiger partial charge is 0.505 e. The van der Waals surface area contributed by atoms with Crippen LogP contribution in [0.2, 0.25) is 0 Å². The number of rotatable bonds is 3. The second kappa shape index (κ2) is 5.58. The molecule has 0 aromatic heterocycles. The quantitative estimate of drug-likeness (QED) is 0.516. The summed E-state index contributed by atoms with van der Waals surface area (Å²) in [5.74, 6) is -2.17. The molecule has 21 heavy (non-hydrogen) atoms. The van der Waals surface area contributed by atoms with E-state index in [0.717, 1.165) is 12.1 Å². The van der Waals surface area contributed by atoms with Gasteiger partial charge < -0.3 is 10.4 Å². The Labute approximate surface area is 119 Å². The number of nitrogens with zero attached hydrogens (tertiary/aromatic N) is 1. The molecule has 7 heteroatoms. The highest BCUT2D eigenvalue weighted by Gasteiger charge is 2.20. The molecular weight excluding hydrogens is 279 g/mol. The van der Waals surface area contributed by atoms with Crippen molar-refractivity contribution < 1.29 is 19.2 Å². The van der Waals surface area contributed by atoms with Gasteiger partial charge in [0.05, 0.1) is 4.92 Å². The zero-order valence-corrected chi connectivity index (χ0v) is 11.0. The van der Waals surface area contributed by atoms with Gasteiger partial charge >= 0.3 is 0 Å². The first-order valence-corrected chi connectivity index (χ1v) is 5.93. The summed E-state index contributed by atoms with van der Waals surface area (Å²) in [5.41, 5.74) is 0.319. The third kappa shape index (κ3) is 3.14. The number of aryl methyl sites for hydroxylation is 1. The Morgan fingerprint density at radius 2 is 2.00 bits per heavy atom. The lowest BCUT2D eigenvalue weighted by Crippen LogP contribution is -2.14. The van der Waals surface area contributed by atoms with Crippen LogP contribution in [-0.2, 0) is 0 Å². The number of hydrogen-bond acceptors (Lipinski definition) is 4. The van der Waals surface area contributed by atoms with Crippen molar-refractivity contribution in [3.8, 4) is 5.75 Å². The molecule has 0 fully saturated rings. The summed E-state index contributed by atoms with van der Waals surface area (Å²) in [5, 5.41) is 22.3. The summed E-state index contributed by atoms with van der Waals surface area (Å²) >= 11 is 0. The number of halogens is 1. The van der Waals surface area contributed by atoms with Gasteiger partial charge in [0.2, 0.25) is 0 Å². The Hall–Kier alpha value is -2.96. The van der Waals surface area contributed by atoms with Gasteiger partial charge in [-0.05, 0) is 30.7 Å². The van der Waals surface area contributed by atoms with Crippen molar-refractivity contribution in [1.29, 1.82) is 0 Å². The van der Waals surface area contributed by atoms with E-state index in [2.05, 4.69) is 5.32 Å². The van der Waals surface area contributed by atoms with Gasteiger partial charge in [-0.25, -0.2) is 4.39 Å². The van der Waals surface area contributed by atoms with Gasteiger partial charge in [0.25, 0.3) is 11.6 Å². The van der Waals surface area contributed by atoms with Crippen molar-refractivity contribution in [3.05, 3.63) is 63.5 Å². The summed E-state index contributed by atoms with van der Waals surface area (Å²) in [4.78, 5) is 22.3. The van der Waals surface area contributed by atoms with Crippen LogP contribution in [0.5, 0.6) is 5.75 Å². The molecule has 0 aliphatic rings. The third-order valence-electron chi connectivity index (χ3n) is 2.80. The molecule has 0 spiro atoms. The van der Waals surface area contributed by atoms with E-state index in [4.69, 9.17) is 5.11 Å². The number of phenols is 1. The molecule has 0 heterocycles. The fraction of sp³-hybridized carbons (Fsp3) is 0.0714. The van der Waals surface area contributed by atoms with E-state index in [0.29, 0.717) is 5.56 Å². The standard InChI is InChI=1S/C14H11FN2O4/c1-8-2-4-12(17(20)21)10(6-8)14(19)16-9-3-5-13(18)11(15)7-9/h2-7,18H,1H3,(H,16,19). The minimum Gasteiger partial charge on any atom is -0.505 e. The number of phenolic OH excluding ortho intramolecular Hbond substituents is 1. The number of amides is 1. The summed E-state index contributed by atoms with van der Waals surface area (Å²) < 4.78 is 13.2. The molecule has 0 radical (unpaired) electrons. The molecule has 0 aliphatic carbocycles. The molecule has 2 aromatic rings. The zero-order chi connectivity index (χ0) is 15.6. The lowest BCUT2D eigenvalue weighted by atomic mass is 10.1. The maximum Gasteiger partial charge on any atom is 0.282 e. The Balaban J connectivity index is 2.34. The number of hydrogen-bond donors (Lipinski definition) is 2. The number of nitro benzene ring substituents is 1. The molecule has 0 saturated carbocycles. The molecule has 0 aliphatic heterocycles. The van der Waals surface area contributed by atoms with Crippen LogP contribution in [0.3, 0.4) is 0 Å². The van der Waals surface area contributed by atoms with Crippen LogP contribution < -0.4 is 5.32 Å². The predicted octanol–water partition coefficient (Wildman–Crippen LogP) is 3.00. The van der Waals surface area contributed by atoms with Gasteiger partial charge in [0, 0.05) is 17.8 Å². The molecular formula is C14H11FN2O4. The number of nitrogens with one attached hydrogen (secondary N) is 1. The van der Waals surface area contributed by atoms with E-state index in [1.165, 1.54) is 24.3 Å². The molecule has 2 aromatic carbocycles. The maximum atomic E-state index is 13.2.